The van der Waals surface area contributed by atoms with Crippen molar-refractivity contribution in [2.75, 3.05) is 0 Å². The Bertz CT molecular complexity index is 352. The van der Waals surface area contributed by atoms with E-state index in [0.29, 0.717) is 12.2 Å². The van der Waals surface area contributed by atoms with Crippen LogP contribution in [0.15, 0.2) is 30.3 Å². The average Bonchev–Trinajstić information content (AvgIpc) is 2.34. The van der Waals surface area contributed by atoms with E-state index in [2.05, 4.69) is 6.08 Å². The van der Waals surface area contributed by atoms with Crippen LogP contribution in [0.1, 0.15) is 38.7 Å². The van der Waals surface area contributed by atoms with E-state index in [9.17, 15) is 4.79 Å². The molecule has 0 unspecified atom stereocenters. The summed E-state index contributed by atoms with van der Waals surface area (Å²) in [7, 11) is 0. The van der Waals surface area contributed by atoms with Crippen LogP contribution in [0, 0.1) is 6.08 Å². The molecule has 0 saturated carbocycles. The Morgan fingerprint density at radius 2 is 2.00 bits per heavy atom. The number of carbonyl (C=O) groups excluding carboxylic acids is 1. The van der Waals surface area contributed by atoms with Gasteiger partial charge in [0, 0.05) is 12.0 Å². The minimum Gasteiger partial charge on any atom is -0.426 e. The van der Waals surface area contributed by atoms with Crippen molar-refractivity contribution in [3.8, 4) is 0 Å². The van der Waals surface area contributed by atoms with Gasteiger partial charge in [0.2, 0.25) is 0 Å². The van der Waals surface area contributed by atoms with Crippen molar-refractivity contribution in [1.29, 1.82) is 0 Å². The predicted molar refractivity (Wildman–Crippen MR) is 64.4 cm³/mol. The third-order valence-electron chi connectivity index (χ3n) is 2.21. The number of esters is 1. The van der Waals surface area contributed by atoms with Gasteiger partial charge < -0.3 is 4.74 Å². The number of benzene rings is 1. The van der Waals surface area contributed by atoms with Gasteiger partial charge in [-0.05, 0) is 19.4 Å². The normalized spacial score (nSPS) is 11.2. The molecular formula is C14H17O2. The van der Waals surface area contributed by atoms with Gasteiger partial charge in [0.25, 0.3) is 0 Å². The minimum atomic E-state index is -0.185. The van der Waals surface area contributed by atoms with Gasteiger partial charge in [-0.25, -0.2) is 0 Å². The average molecular weight is 217 g/mol. The van der Waals surface area contributed by atoms with Gasteiger partial charge >= 0.3 is 5.97 Å². The summed E-state index contributed by atoms with van der Waals surface area (Å²) < 4.78 is 5.25. The second-order valence-electron chi connectivity index (χ2n) is 3.52. The maximum Gasteiger partial charge on any atom is 0.311 e. The highest BCUT2D eigenvalue weighted by molar-refractivity contribution is 5.77. The number of rotatable bonds is 5. The van der Waals surface area contributed by atoms with Crippen molar-refractivity contribution in [3.63, 3.8) is 0 Å². The first-order valence-corrected chi connectivity index (χ1v) is 5.58. The molecule has 0 aliphatic rings. The third kappa shape index (κ3) is 3.89. The molecule has 0 fully saturated rings. The van der Waals surface area contributed by atoms with Crippen molar-refractivity contribution in [2.24, 2.45) is 0 Å². The van der Waals surface area contributed by atoms with Gasteiger partial charge in [0.15, 0.2) is 0 Å². The van der Waals surface area contributed by atoms with Crippen molar-refractivity contribution in [1.82, 2.24) is 0 Å². The molecule has 0 saturated heterocycles. The lowest BCUT2D eigenvalue weighted by molar-refractivity contribution is -0.136. The highest BCUT2D eigenvalue weighted by Crippen LogP contribution is 2.16. The van der Waals surface area contributed by atoms with Gasteiger partial charge in [-0.3, -0.25) is 4.79 Å². The molecule has 0 bridgehead atoms. The summed E-state index contributed by atoms with van der Waals surface area (Å²) in [6.07, 6.45) is 5.23. The number of unbranched alkanes of at least 4 members (excludes halogenated alkanes) is 1. The van der Waals surface area contributed by atoms with E-state index in [-0.39, 0.29) is 5.97 Å². The van der Waals surface area contributed by atoms with E-state index in [4.69, 9.17) is 4.74 Å². The van der Waals surface area contributed by atoms with Crippen molar-refractivity contribution in [3.05, 3.63) is 42.0 Å². The maximum absolute atomic E-state index is 11.5. The number of ether oxygens (including phenoxy) is 1. The fourth-order valence-corrected chi connectivity index (χ4v) is 1.33. The second-order valence-corrected chi connectivity index (χ2v) is 3.52. The molecule has 1 aromatic carbocycles. The molecule has 0 aliphatic carbocycles. The van der Waals surface area contributed by atoms with E-state index in [1.165, 1.54) is 0 Å². The fourth-order valence-electron chi connectivity index (χ4n) is 1.33. The molecule has 0 aliphatic heterocycles. The van der Waals surface area contributed by atoms with E-state index < -0.39 is 0 Å². The molecular weight excluding hydrogens is 200 g/mol. The zero-order valence-electron chi connectivity index (χ0n) is 9.82. The van der Waals surface area contributed by atoms with E-state index in [0.717, 1.165) is 18.4 Å². The van der Waals surface area contributed by atoms with Gasteiger partial charge in [-0.2, -0.15) is 0 Å². The van der Waals surface area contributed by atoms with Gasteiger partial charge in [0.1, 0.15) is 5.76 Å². The highest BCUT2D eigenvalue weighted by Gasteiger charge is 2.07. The maximum atomic E-state index is 11.5. The van der Waals surface area contributed by atoms with Crippen molar-refractivity contribution < 1.29 is 9.53 Å². The van der Waals surface area contributed by atoms with Gasteiger partial charge in [0.05, 0.1) is 0 Å². The summed E-state index contributed by atoms with van der Waals surface area (Å²) in [5.41, 5.74) is 0.884. The Labute approximate surface area is 96.9 Å². The summed E-state index contributed by atoms with van der Waals surface area (Å²) in [5, 5.41) is 0. The lowest BCUT2D eigenvalue weighted by Gasteiger charge is -2.07. The molecule has 16 heavy (non-hydrogen) atoms. The summed E-state index contributed by atoms with van der Waals surface area (Å²) in [6.45, 7) is 3.79. The van der Waals surface area contributed by atoms with Crippen LogP contribution in [-0.2, 0) is 9.53 Å². The van der Waals surface area contributed by atoms with E-state index in [1.807, 2.05) is 37.3 Å². The number of hydrogen-bond acceptors (Lipinski definition) is 2. The first-order chi connectivity index (χ1) is 7.77. The Balaban J connectivity index is 2.61. The van der Waals surface area contributed by atoms with Gasteiger partial charge in [-0.15, -0.1) is 0 Å². The molecule has 0 spiro atoms. The Morgan fingerprint density at radius 1 is 1.31 bits per heavy atom. The predicted octanol–water partition coefficient (Wildman–Crippen LogP) is 3.58. The van der Waals surface area contributed by atoms with Crippen LogP contribution in [0.2, 0.25) is 0 Å². The van der Waals surface area contributed by atoms with Crippen LogP contribution >= 0.6 is 0 Å². The van der Waals surface area contributed by atoms with Crippen LogP contribution in [0.4, 0.5) is 0 Å². The summed E-state index contributed by atoms with van der Waals surface area (Å²) in [6, 6.07) is 9.55. The summed E-state index contributed by atoms with van der Waals surface area (Å²) in [4.78, 5) is 11.5. The number of carbonyl (C=O) groups is 1. The van der Waals surface area contributed by atoms with Crippen LogP contribution in [0.25, 0.3) is 5.76 Å². The zero-order valence-corrected chi connectivity index (χ0v) is 9.82. The molecule has 1 radical (unpaired) electrons. The van der Waals surface area contributed by atoms with Crippen LogP contribution in [-0.4, -0.2) is 5.97 Å². The zero-order chi connectivity index (χ0) is 11.8. The third-order valence-corrected chi connectivity index (χ3v) is 2.21. The fraction of sp³-hybridized carbons (Fsp3) is 0.357. The molecule has 2 nitrogen and oxygen atoms in total. The first kappa shape index (κ1) is 12.5. The molecule has 0 atom stereocenters. The minimum absolute atomic E-state index is 0.185. The van der Waals surface area contributed by atoms with Crippen LogP contribution in [0.3, 0.4) is 0 Å². The number of allylic oxidation sites excluding steroid dienone is 1. The molecule has 0 heterocycles. The highest BCUT2D eigenvalue weighted by atomic mass is 16.5. The number of hydrogen-bond donors (Lipinski definition) is 0. The Kier molecular flexibility index (Phi) is 5.34. The molecule has 0 N–H and O–H groups in total. The molecule has 1 rings (SSSR count). The smallest absolute Gasteiger partial charge is 0.311 e. The van der Waals surface area contributed by atoms with Crippen molar-refractivity contribution >= 4 is 11.7 Å². The Morgan fingerprint density at radius 3 is 2.56 bits per heavy atom. The largest absolute Gasteiger partial charge is 0.426 e. The van der Waals surface area contributed by atoms with Crippen LogP contribution in [0.5, 0.6) is 0 Å². The van der Waals surface area contributed by atoms with E-state index in [1.54, 1.807) is 6.92 Å². The SMILES string of the molecule is C[C]=C(OC(=O)CCCC)c1ccccc1. The van der Waals surface area contributed by atoms with Gasteiger partial charge in [-0.1, -0.05) is 43.7 Å². The monoisotopic (exact) mass is 217 g/mol. The molecule has 0 amide bonds. The lowest BCUT2D eigenvalue weighted by Crippen LogP contribution is -2.03. The topological polar surface area (TPSA) is 26.3 Å². The van der Waals surface area contributed by atoms with Crippen LogP contribution < -0.4 is 0 Å². The van der Waals surface area contributed by atoms with Crippen molar-refractivity contribution in [2.45, 2.75) is 33.1 Å². The summed E-state index contributed by atoms with van der Waals surface area (Å²) >= 11 is 0. The molecule has 0 aromatic heterocycles. The summed E-state index contributed by atoms with van der Waals surface area (Å²) in [5.74, 6) is 0.330. The molecule has 2 heteroatoms. The Hall–Kier alpha value is -1.57. The quantitative estimate of drug-likeness (QED) is 0.556. The van der Waals surface area contributed by atoms with E-state index >= 15 is 0 Å². The lowest BCUT2D eigenvalue weighted by atomic mass is 10.2. The first-order valence-electron chi connectivity index (χ1n) is 5.58. The molecule has 1 aromatic rings. The second kappa shape index (κ2) is 6.83. The standard InChI is InChI=1S/C14H17O2/c1-3-5-11-14(15)16-13(4-2)12-9-7-6-8-10-12/h6-10H,3,5,11H2,1-2H3. The molecule has 85 valence electrons.